The van der Waals surface area contributed by atoms with Crippen LogP contribution in [0.3, 0.4) is 0 Å². The largest absolute Gasteiger partial charge is 0.325 e. The lowest BCUT2D eigenvalue weighted by Gasteiger charge is -2.37. The summed E-state index contributed by atoms with van der Waals surface area (Å²) in [5.41, 5.74) is -0.964. The van der Waals surface area contributed by atoms with Gasteiger partial charge in [0.05, 0.1) is 17.1 Å². The number of aromatic nitrogens is 4. The molecule has 2 heterocycles. The van der Waals surface area contributed by atoms with Crippen LogP contribution in [0.2, 0.25) is 10.0 Å². The molecule has 1 aliphatic rings. The number of aryl methyl sites for hydroxylation is 1. The molecule has 1 saturated heterocycles. The first-order valence-electron chi connectivity index (χ1n) is 13.6. The molecule has 3 aromatic carbocycles. The Morgan fingerprint density at radius 1 is 1.14 bits per heavy atom. The van der Waals surface area contributed by atoms with Crippen LogP contribution in [-0.2, 0) is 17.3 Å². The highest BCUT2D eigenvalue weighted by molar-refractivity contribution is 6.31. The van der Waals surface area contributed by atoms with Gasteiger partial charge in [-0.15, -0.1) is 5.10 Å². The van der Waals surface area contributed by atoms with Crippen molar-refractivity contribution in [3.05, 3.63) is 93.5 Å². The fourth-order valence-electron chi connectivity index (χ4n) is 5.99. The minimum Gasteiger partial charge on any atom is -0.325 e. The lowest BCUT2D eigenvalue weighted by atomic mass is 9.62. The number of halogens is 4. The number of tetrazole rings is 1. The van der Waals surface area contributed by atoms with Gasteiger partial charge in [-0.1, -0.05) is 74.3 Å². The zero-order chi connectivity index (χ0) is 31.1. The Morgan fingerprint density at radius 2 is 1.88 bits per heavy atom. The molecule has 5 rings (SSSR count). The maximum atomic E-state index is 15.9. The summed E-state index contributed by atoms with van der Waals surface area (Å²) in [6.45, 7) is 5.93. The third-order valence-electron chi connectivity index (χ3n) is 7.74. The molecule has 2 N–H and O–H groups in total. The summed E-state index contributed by atoms with van der Waals surface area (Å²) in [5, 5.41) is 28.7. The normalized spacial score (nSPS) is 21.9. The molecule has 0 radical (unpaired) electrons. The van der Waals surface area contributed by atoms with Gasteiger partial charge in [-0.05, 0) is 58.2 Å². The van der Waals surface area contributed by atoms with E-state index in [2.05, 4.69) is 32.2 Å². The molecule has 1 aliphatic heterocycles. The van der Waals surface area contributed by atoms with E-state index in [1.54, 1.807) is 37.4 Å². The molecule has 222 valence electrons. The molecule has 4 atom stereocenters. The molecule has 1 amide bonds. The average Bonchev–Trinajstić information content (AvgIpc) is 3.51. The number of nitrogens with zero attached hydrogens (tertiary/aromatic N) is 5. The molecule has 1 aromatic heterocycles. The minimum atomic E-state index is -1.72. The minimum absolute atomic E-state index is 0.0117. The van der Waals surface area contributed by atoms with Crippen molar-refractivity contribution in [3.63, 3.8) is 0 Å². The molecule has 0 spiro atoms. The average molecular weight is 625 g/mol. The second kappa shape index (κ2) is 11.6. The first-order valence-corrected chi connectivity index (χ1v) is 14.3. The third kappa shape index (κ3) is 5.73. The van der Waals surface area contributed by atoms with Crippen molar-refractivity contribution in [3.8, 4) is 17.5 Å². The first kappa shape index (κ1) is 30.5. The van der Waals surface area contributed by atoms with E-state index in [4.69, 9.17) is 23.2 Å². The van der Waals surface area contributed by atoms with E-state index < -0.39 is 41.0 Å². The van der Waals surface area contributed by atoms with E-state index in [9.17, 15) is 10.1 Å². The van der Waals surface area contributed by atoms with Crippen molar-refractivity contribution in [1.29, 1.82) is 5.26 Å². The van der Waals surface area contributed by atoms with Crippen LogP contribution in [0, 0.1) is 28.4 Å². The van der Waals surface area contributed by atoms with Crippen molar-refractivity contribution in [1.82, 2.24) is 25.5 Å². The summed E-state index contributed by atoms with van der Waals surface area (Å²) in [5.74, 6) is -2.74. The van der Waals surface area contributed by atoms with Crippen molar-refractivity contribution in [2.24, 2.45) is 12.5 Å². The highest BCUT2D eigenvalue weighted by Gasteiger charge is 2.61. The Morgan fingerprint density at radius 3 is 2.53 bits per heavy atom. The van der Waals surface area contributed by atoms with E-state index in [1.165, 1.54) is 28.9 Å². The van der Waals surface area contributed by atoms with Gasteiger partial charge >= 0.3 is 0 Å². The molecule has 1 fully saturated rings. The van der Waals surface area contributed by atoms with Crippen LogP contribution in [0.5, 0.6) is 0 Å². The fourth-order valence-corrected chi connectivity index (χ4v) is 6.33. The quantitative estimate of drug-likeness (QED) is 0.256. The second-order valence-electron chi connectivity index (χ2n) is 11.9. The van der Waals surface area contributed by atoms with Gasteiger partial charge in [0.25, 0.3) is 0 Å². The number of rotatable bonds is 6. The van der Waals surface area contributed by atoms with E-state index in [0.717, 1.165) is 6.07 Å². The van der Waals surface area contributed by atoms with E-state index in [1.807, 2.05) is 20.8 Å². The topological polar surface area (TPSA) is 109 Å². The van der Waals surface area contributed by atoms with Crippen LogP contribution in [0.4, 0.5) is 14.5 Å². The van der Waals surface area contributed by atoms with Gasteiger partial charge in [0.2, 0.25) is 5.91 Å². The summed E-state index contributed by atoms with van der Waals surface area (Å²) >= 11 is 12.3. The number of hydrogen-bond donors (Lipinski definition) is 2. The summed E-state index contributed by atoms with van der Waals surface area (Å²) in [4.78, 5) is 14.1. The number of nitriles is 1. The van der Waals surface area contributed by atoms with Gasteiger partial charge in [-0.25, -0.2) is 13.5 Å². The monoisotopic (exact) mass is 623 g/mol. The number of benzene rings is 3. The predicted molar refractivity (Wildman–Crippen MR) is 160 cm³/mol. The fraction of sp³-hybridized carbons (Fsp3) is 0.323. The zero-order valence-corrected chi connectivity index (χ0v) is 25.4. The number of anilines is 1. The number of carbonyl (C=O) groups is 1. The molecular formula is C31H29Cl2F2N7O. The lowest BCUT2D eigenvalue weighted by Crippen LogP contribution is -2.45. The molecule has 0 saturated carbocycles. The van der Waals surface area contributed by atoms with Crippen molar-refractivity contribution < 1.29 is 13.6 Å². The van der Waals surface area contributed by atoms with Crippen LogP contribution >= 0.6 is 23.2 Å². The maximum Gasteiger partial charge on any atom is 0.242 e. The number of nitrogens with one attached hydrogen (secondary N) is 2. The van der Waals surface area contributed by atoms with Crippen molar-refractivity contribution in [2.75, 3.05) is 5.32 Å². The van der Waals surface area contributed by atoms with Crippen LogP contribution in [0.25, 0.3) is 11.4 Å². The molecule has 4 unspecified atom stereocenters. The van der Waals surface area contributed by atoms with Gasteiger partial charge in [-0.3, -0.25) is 4.79 Å². The molecule has 0 bridgehead atoms. The SMILES string of the molecule is Cn1nnnc1-c1cccc(NC(=O)C2NC(CC(C)(C)C)C(C#N)(c3ccc(Cl)cc3F)C2c2cccc(Cl)c2F)c1. The summed E-state index contributed by atoms with van der Waals surface area (Å²) in [6, 6.07) is 15.8. The standard InChI is InChI=1S/C31H29Cl2F2N7O/c1-30(2,3)15-24-31(16-36,21-12-11-18(32)14-23(21)34)25(20-9-6-10-22(33)26(20)35)27(38-24)29(43)37-19-8-5-7-17(13-19)28-39-40-41-42(28)4/h5-14,24-25,27,38H,15H2,1-4H3,(H,37,43). The van der Waals surface area contributed by atoms with Crippen molar-refractivity contribution in [2.45, 2.75) is 50.6 Å². The van der Waals surface area contributed by atoms with Crippen LogP contribution in [0.1, 0.15) is 44.2 Å². The Labute approximate surface area is 258 Å². The van der Waals surface area contributed by atoms with Gasteiger partial charge < -0.3 is 10.6 Å². The van der Waals surface area contributed by atoms with Gasteiger partial charge in [0.15, 0.2) is 5.82 Å². The maximum absolute atomic E-state index is 15.9. The number of hydrogen-bond acceptors (Lipinski definition) is 6. The van der Waals surface area contributed by atoms with E-state index in [-0.39, 0.29) is 26.6 Å². The Bertz CT molecular complexity index is 1730. The lowest BCUT2D eigenvalue weighted by molar-refractivity contribution is -0.118. The molecular weight excluding hydrogens is 595 g/mol. The highest BCUT2D eigenvalue weighted by Crippen LogP contribution is 2.53. The van der Waals surface area contributed by atoms with Gasteiger partial charge in [-0.2, -0.15) is 5.26 Å². The number of amides is 1. The summed E-state index contributed by atoms with van der Waals surface area (Å²) < 4.78 is 33.1. The molecule has 43 heavy (non-hydrogen) atoms. The smallest absolute Gasteiger partial charge is 0.242 e. The summed E-state index contributed by atoms with van der Waals surface area (Å²) in [7, 11) is 1.69. The molecule has 4 aromatic rings. The Kier molecular flexibility index (Phi) is 8.27. The Balaban J connectivity index is 1.67. The van der Waals surface area contributed by atoms with E-state index in [0.29, 0.717) is 23.5 Å². The van der Waals surface area contributed by atoms with Crippen LogP contribution < -0.4 is 10.6 Å². The predicted octanol–water partition coefficient (Wildman–Crippen LogP) is 6.42. The highest BCUT2D eigenvalue weighted by atomic mass is 35.5. The second-order valence-corrected chi connectivity index (χ2v) is 12.7. The van der Waals surface area contributed by atoms with Crippen LogP contribution in [-0.4, -0.2) is 38.2 Å². The van der Waals surface area contributed by atoms with Gasteiger partial charge in [0, 0.05) is 40.8 Å². The van der Waals surface area contributed by atoms with E-state index >= 15 is 8.78 Å². The zero-order valence-electron chi connectivity index (χ0n) is 23.9. The van der Waals surface area contributed by atoms with Crippen molar-refractivity contribution >= 4 is 34.8 Å². The molecule has 0 aliphatic carbocycles. The first-order chi connectivity index (χ1) is 20.4. The van der Waals surface area contributed by atoms with Crippen LogP contribution in [0.15, 0.2) is 60.7 Å². The number of carbonyl (C=O) groups excluding carboxylic acids is 1. The van der Waals surface area contributed by atoms with Gasteiger partial charge in [0.1, 0.15) is 17.0 Å². The Hall–Kier alpha value is -3.91. The molecule has 8 nitrogen and oxygen atoms in total. The molecule has 12 heteroatoms. The summed E-state index contributed by atoms with van der Waals surface area (Å²) in [6.07, 6.45) is 0.361. The third-order valence-corrected chi connectivity index (χ3v) is 8.27.